The molecule has 2 N–H and O–H groups in total. The quantitative estimate of drug-likeness (QED) is 0.851. The van der Waals surface area contributed by atoms with Crippen LogP contribution in [0.15, 0.2) is 30.3 Å². The summed E-state index contributed by atoms with van der Waals surface area (Å²) >= 11 is 0. The summed E-state index contributed by atoms with van der Waals surface area (Å²) in [4.78, 5) is 2.62. The molecule has 1 saturated heterocycles. The van der Waals surface area contributed by atoms with Gasteiger partial charge in [0, 0.05) is 19.1 Å². The zero-order valence-electron chi connectivity index (χ0n) is 12.4. The fourth-order valence-corrected chi connectivity index (χ4v) is 3.36. The van der Waals surface area contributed by atoms with Gasteiger partial charge in [0.25, 0.3) is 0 Å². The van der Waals surface area contributed by atoms with Crippen molar-refractivity contribution in [2.24, 2.45) is 11.1 Å². The highest BCUT2D eigenvalue weighted by Gasteiger charge is 2.37. The second kappa shape index (κ2) is 6.53. The Labute approximate surface area is 118 Å². The summed E-state index contributed by atoms with van der Waals surface area (Å²) in [5, 5.41) is 0. The van der Waals surface area contributed by atoms with Crippen LogP contribution < -0.4 is 5.73 Å². The van der Waals surface area contributed by atoms with Crippen molar-refractivity contribution in [2.75, 3.05) is 19.6 Å². The molecule has 2 rings (SSSR count). The highest BCUT2D eigenvalue weighted by atomic mass is 15.2. The zero-order valence-corrected chi connectivity index (χ0v) is 12.4. The van der Waals surface area contributed by atoms with E-state index in [1.165, 1.54) is 37.9 Å². The van der Waals surface area contributed by atoms with Gasteiger partial charge in [0.05, 0.1) is 0 Å². The van der Waals surface area contributed by atoms with Crippen LogP contribution in [0.2, 0.25) is 0 Å². The van der Waals surface area contributed by atoms with Crippen molar-refractivity contribution >= 4 is 0 Å². The minimum absolute atomic E-state index is 0.502. The fraction of sp³-hybridized carbons (Fsp3) is 0.647. The van der Waals surface area contributed by atoms with E-state index in [4.69, 9.17) is 5.73 Å². The summed E-state index contributed by atoms with van der Waals surface area (Å²) in [5.41, 5.74) is 7.98. The maximum atomic E-state index is 6.03. The van der Waals surface area contributed by atoms with Crippen LogP contribution in [0.1, 0.15) is 38.7 Å². The first-order valence-corrected chi connectivity index (χ1v) is 7.71. The lowest BCUT2D eigenvalue weighted by Gasteiger charge is -2.31. The highest BCUT2D eigenvalue weighted by Crippen LogP contribution is 2.37. The van der Waals surface area contributed by atoms with Gasteiger partial charge >= 0.3 is 0 Å². The maximum Gasteiger partial charge on any atom is 0.0258 e. The highest BCUT2D eigenvalue weighted by molar-refractivity contribution is 5.16. The minimum atomic E-state index is 0.502. The lowest BCUT2D eigenvalue weighted by atomic mass is 9.82. The van der Waals surface area contributed by atoms with E-state index in [-0.39, 0.29) is 0 Å². The minimum Gasteiger partial charge on any atom is -0.329 e. The molecule has 0 aromatic heterocycles. The lowest BCUT2D eigenvalue weighted by Crippen LogP contribution is -2.41. The van der Waals surface area contributed by atoms with Gasteiger partial charge in [-0.25, -0.2) is 0 Å². The molecule has 0 spiro atoms. The summed E-state index contributed by atoms with van der Waals surface area (Å²) in [6, 6.07) is 11.3. The van der Waals surface area contributed by atoms with Crippen molar-refractivity contribution in [2.45, 2.75) is 45.6 Å². The number of hydrogen-bond donors (Lipinski definition) is 1. The Balaban J connectivity index is 2.00. The van der Waals surface area contributed by atoms with Crippen molar-refractivity contribution < 1.29 is 0 Å². The second-order valence-electron chi connectivity index (χ2n) is 6.01. The predicted molar refractivity (Wildman–Crippen MR) is 82.2 cm³/mol. The SMILES string of the molecule is CCC1(CC)CCN(C(CN)Cc2ccccc2)C1. The fourth-order valence-electron chi connectivity index (χ4n) is 3.36. The molecule has 2 heteroatoms. The largest absolute Gasteiger partial charge is 0.329 e. The van der Waals surface area contributed by atoms with Crippen molar-refractivity contribution in [1.29, 1.82) is 0 Å². The van der Waals surface area contributed by atoms with Crippen molar-refractivity contribution in [3.8, 4) is 0 Å². The summed E-state index contributed by atoms with van der Waals surface area (Å²) in [7, 11) is 0. The third-order valence-corrected chi connectivity index (χ3v) is 5.07. The van der Waals surface area contributed by atoms with Gasteiger partial charge in [-0.05, 0) is 43.2 Å². The molecule has 2 nitrogen and oxygen atoms in total. The van der Waals surface area contributed by atoms with Crippen LogP contribution in [-0.2, 0) is 6.42 Å². The van der Waals surface area contributed by atoms with Crippen LogP contribution >= 0.6 is 0 Å². The third kappa shape index (κ3) is 3.37. The van der Waals surface area contributed by atoms with Gasteiger partial charge in [0.2, 0.25) is 0 Å². The third-order valence-electron chi connectivity index (χ3n) is 5.07. The number of nitrogens with zero attached hydrogens (tertiary/aromatic N) is 1. The van der Waals surface area contributed by atoms with Gasteiger partial charge in [-0.3, -0.25) is 4.90 Å². The monoisotopic (exact) mass is 260 g/mol. The first-order valence-electron chi connectivity index (χ1n) is 7.71. The zero-order chi connectivity index (χ0) is 13.7. The van der Waals surface area contributed by atoms with Gasteiger partial charge in [-0.15, -0.1) is 0 Å². The molecule has 1 aromatic rings. The predicted octanol–water partition coefficient (Wildman–Crippen LogP) is 3.07. The van der Waals surface area contributed by atoms with Crippen molar-refractivity contribution in [1.82, 2.24) is 4.90 Å². The molecule has 1 aliphatic heterocycles. The summed E-state index contributed by atoms with van der Waals surface area (Å²) < 4.78 is 0. The Bertz CT molecular complexity index is 370. The number of nitrogens with two attached hydrogens (primary N) is 1. The Hall–Kier alpha value is -0.860. The normalized spacial score (nSPS) is 20.6. The van der Waals surface area contributed by atoms with Crippen LogP contribution in [0.5, 0.6) is 0 Å². The van der Waals surface area contributed by atoms with E-state index >= 15 is 0 Å². The molecule has 0 radical (unpaired) electrons. The molecule has 0 aliphatic carbocycles. The Morgan fingerprint density at radius 2 is 1.89 bits per heavy atom. The average molecular weight is 260 g/mol. The Morgan fingerprint density at radius 1 is 1.21 bits per heavy atom. The first-order chi connectivity index (χ1) is 9.23. The van der Waals surface area contributed by atoms with Crippen molar-refractivity contribution in [3.05, 3.63) is 35.9 Å². The van der Waals surface area contributed by atoms with Gasteiger partial charge in [-0.2, -0.15) is 0 Å². The van der Waals surface area contributed by atoms with E-state index in [0.29, 0.717) is 11.5 Å². The number of hydrogen-bond acceptors (Lipinski definition) is 2. The molecule has 1 unspecified atom stereocenters. The van der Waals surface area contributed by atoms with Gasteiger partial charge in [0.15, 0.2) is 0 Å². The molecular formula is C17H28N2. The molecule has 1 atom stereocenters. The molecule has 1 heterocycles. The summed E-state index contributed by atoms with van der Waals surface area (Å²) in [6.45, 7) is 7.88. The van der Waals surface area contributed by atoms with Gasteiger partial charge in [0.1, 0.15) is 0 Å². The van der Waals surface area contributed by atoms with Crippen LogP contribution in [0.25, 0.3) is 0 Å². The second-order valence-corrected chi connectivity index (χ2v) is 6.01. The molecular weight excluding hydrogens is 232 g/mol. The summed E-state index contributed by atoms with van der Waals surface area (Å²) in [5.74, 6) is 0. The number of benzene rings is 1. The van der Waals surface area contributed by atoms with E-state index in [1.54, 1.807) is 0 Å². The molecule has 1 aromatic carbocycles. The van der Waals surface area contributed by atoms with Crippen LogP contribution in [0.4, 0.5) is 0 Å². The maximum absolute atomic E-state index is 6.03. The Morgan fingerprint density at radius 3 is 2.42 bits per heavy atom. The summed E-state index contributed by atoms with van der Waals surface area (Å²) in [6.07, 6.45) is 5.01. The van der Waals surface area contributed by atoms with Gasteiger partial charge in [-0.1, -0.05) is 44.2 Å². The molecule has 0 amide bonds. The van der Waals surface area contributed by atoms with Crippen LogP contribution in [-0.4, -0.2) is 30.6 Å². The van der Waals surface area contributed by atoms with Crippen LogP contribution in [0, 0.1) is 5.41 Å². The van der Waals surface area contributed by atoms with E-state index in [0.717, 1.165) is 13.0 Å². The van der Waals surface area contributed by atoms with E-state index in [1.807, 2.05) is 0 Å². The molecule has 19 heavy (non-hydrogen) atoms. The first kappa shape index (κ1) is 14.5. The van der Waals surface area contributed by atoms with Gasteiger partial charge < -0.3 is 5.73 Å². The Kier molecular flexibility index (Phi) is 5.00. The standard InChI is InChI=1S/C17H28N2/c1-3-17(4-2)10-11-19(14-17)16(13-18)12-15-8-6-5-7-9-15/h5-9,16H,3-4,10-14,18H2,1-2H3. The lowest BCUT2D eigenvalue weighted by molar-refractivity contribution is 0.195. The molecule has 1 fully saturated rings. The smallest absolute Gasteiger partial charge is 0.0258 e. The number of likely N-dealkylation sites (tertiary alicyclic amines) is 1. The molecule has 106 valence electrons. The van der Waals surface area contributed by atoms with E-state index in [9.17, 15) is 0 Å². The van der Waals surface area contributed by atoms with Crippen LogP contribution in [0.3, 0.4) is 0 Å². The van der Waals surface area contributed by atoms with E-state index in [2.05, 4.69) is 49.1 Å². The number of rotatable bonds is 6. The molecule has 0 bridgehead atoms. The van der Waals surface area contributed by atoms with Crippen molar-refractivity contribution in [3.63, 3.8) is 0 Å². The molecule has 1 aliphatic rings. The van der Waals surface area contributed by atoms with E-state index < -0.39 is 0 Å². The average Bonchev–Trinajstić information content (AvgIpc) is 2.91. The molecule has 0 saturated carbocycles. The topological polar surface area (TPSA) is 29.3 Å².